The molecule has 0 saturated heterocycles. The summed E-state index contributed by atoms with van der Waals surface area (Å²) in [6.07, 6.45) is 2.37. The fraction of sp³-hybridized carbons (Fsp3) is 0.538. The Balaban J connectivity index is 2.99. The summed E-state index contributed by atoms with van der Waals surface area (Å²) in [5.74, 6) is 0. The van der Waals surface area contributed by atoms with Gasteiger partial charge in [-0.2, -0.15) is 0 Å². The molecule has 1 rings (SSSR count). The van der Waals surface area contributed by atoms with Crippen LogP contribution in [0.3, 0.4) is 0 Å². The average molecular weight is 191 g/mol. The van der Waals surface area contributed by atoms with Crippen molar-refractivity contribution in [1.29, 1.82) is 0 Å². The Morgan fingerprint density at radius 2 is 2.07 bits per heavy atom. The summed E-state index contributed by atoms with van der Waals surface area (Å²) >= 11 is 0. The summed E-state index contributed by atoms with van der Waals surface area (Å²) < 4.78 is 0. The highest BCUT2D eigenvalue weighted by molar-refractivity contribution is 5.28. The van der Waals surface area contributed by atoms with Crippen molar-refractivity contribution < 1.29 is 0 Å². The van der Waals surface area contributed by atoms with Gasteiger partial charge in [-0.05, 0) is 32.9 Å². The van der Waals surface area contributed by atoms with Gasteiger partial charge < -0.3 is 5.32 Å². The van der Waals surface area contributed by atoms with Crippen LogP contribution in [0.15, 0.2) is 24.3 Å². The van der Waals surface area contributed by atoms with E-state index in [1.807, 2.05) is 7.05 Å². The zero-order valence-corrected chi connectivity index (χ0v) is 9.72. The fourth-order valence-electron chi connectivity index (χ4n) is 1.90. The third kappa shape index (κ3) is 2.36. The van der Waals surface area contributed by atoms with Crippen LogP contribution in [0.1, 0.15) is 37.8 Å². The van der Waals surface area contributed by atoms with Gasteiger partial charge in [-0.25, -0.2) is 0 Å². The molecule has 0 spiro atoms. The molecule has 1 unspecified atom stereocenters. The van der Waals surface area contributed by atoms with Gasteiger partial charge in [0.1, 0.15) is 0 Å². The molecule has 0 heterocycles. The maximum absolute atomic E-state index is 3.42. The molecule has 0 amide bonds. The highest BCUT2D eigenvalue weighted by Crippen LogP contribution is 2.25. The molecule has 0 aliphatic carbocycles. The summed E-state index contributed by atoms with van der Waals surface area (Å²) in [6, 6.07) is 8.76. The summed E-state index contributed by atoms with van der Waals surface area (Å²) in [6.45, 7) is 6.64. The molecule has 1 aromatic carbocycles. The van der Waals surface area contributed by atoms with Gasteiger partial charge >= 0.3 is 0 Å². The van der Waals surface area contributed by atoms with E-state index in [2.05, 4.69) is 50.4 Å². The van der Waals surface area contributed by atoms with E-state index >= 15 is 0 Å². The van der Waals surface area contributed by atoms with Crippen molar-refractivity contribution >= 4 is 0 Å². The average Bonchev–Trinajstić information content (AvgIpc) is 2.18. The van der Waals surface area contributed by atoms with Crippen molar-refractivity contribution in [1.82, 2.24) is 5.32 Å². The molecule has 0 aliphatic heterocycles. The normalized spacial score (nSPS) is 15.1. The van der Waals surface area contributed by atoms with Crippen LogP contribution < -0.4 is 5.32 Å². The van der Waals surface area contributed by atoms with Crippen LogP contribution in [-0.2, 0) is 5.54 Å². The standard InChI is InChI=1S/C13H21N/c1-5-9-13(3,14-4)12-8-6-7-11(2)10-12/h6-8,10,14H,5,9H2,1-4H3. The molecule has 1 N–H and O–H groups in total. The van der Waals surface area contributed by atoms with E-state index in [9.17, 15) is 0 Å². The van der Waals surface area contributed by atoms with Gasteiger partial charge in [0.25, 0.3) is 0 Å². The van der Waals surface area contributed by atoms with E-state index < -0.39 is 0 Å². The minimum atomic E-state index is 0.126. The van der Waals surface area contributed by atoms with Gasteiger partial charge in [-0.1, -0.05) is 43.2 Å². The van der Waals surface area contributed by atoms with Crippen LogP contribution in [0.4, 0.5) is 0 Å². The molecule has 1 heteroatoms. The predicted octanol–water partition coefficient (Wildman–Crippen LogP) is 3.23. The van der Waals surface area contributed by atoms with E-state index in [0.717, 1.165) is 0 Å². The predicted molar refractivity (Wildman–Crippen MR) is 62.5 cm³/mol. The number of rotatable bonds is 4. The van der Waals surface area contributed by atoms with Crippen molar-refractivity contribution in [2.24, 2.45) is 0 Å². The first-order valence-electron chi connectivity index (χ1n) is 5.38. The molecule has 0 fully saturated rings. The Kier molecular flexibility index (Phi) is 3.70. The SMILES string of the molecule is CCCC(C)(NC)c1cccc(C)c1. The molecule has 1 nitrogen and oxygen atoms in total. The first-order valence-corrected chi connectivity index (χ1v) is 5.38. The second-order valence-corrected chi connectivity index (χ2v) is 4.20. The van der Waals surface area contributed by atoms with E-state index in [1.165, 1.54) is 24.0 Å². The van der Waals surface area contributed by atoms with Gasteiger partial charge in [0.2, 0.25) is 0 Å². The maximum Gasteiger partial charge on any atom is 0.0403 e. The smallest absolute Gasteiger partial charge is 0.0403 e. The second kappa shape index (κ2) is 4.61. The number of hydrogen-bond donors (Lipinski definition) is 1. The molecule has 0 aliphatic rings. The summed E-state index contributed by atoms with van der Waals surface area (Å²) in [7, 11) is 2.04. The molecule has 0 radical (unpaired) electrons. The number of nitrogens with one attached hydrogen (secondary N) is 1. The van der Waals surface area contributed by atoms with Crippen LogP contribution in [-0.4, -0.2) is 7.05 Å². The van der Waals surface area contributed by atoms with Crippen LogP contribution in [0, 0.1) is 6.92 Å². The van der Waals surface area contributed by atoms with Crippen LogP contribution in [0.2, 0.25) is 0 Å². The van der Waals surface area contributed by atoms with Gasteiger partial charge in [-0.15, -0.1) is 0 Å². The number of aryl methyl sites for hydroxylation is 1. The lowest BCUT2D eigenvalue weighted by Crippen LogP contribution is -2.36. The molecule has 1 aromatic rings. The lowest BCUT2D eigenvalue weighted by atomic mass is 9.87. The van der Waals surface area contributed by atoms with E-state index in [4.69, 9.17) is 0 Å². The van der Waals surface area contributed by atoms with Crippen molar-refractivity contribution in [3.8, 4) is 0 Å². The van der Waals surface area contributed by atoms with Crippen LogP contribution >= 0.6 is 0 Å². The Bertz CT molecular complexity index is 293. The molecule has 0 aromatic heterocycles. The summed E-state index contributed by atoms with van der Waals surface area (Å²) in [4.78, 5) is 0. The summed E-state index contributed by atoms with van der Waals surface area (Å²) in [5, 5.41) is 3.42. The Morgan fingerprint density at radius 3 is 2.57 bits per heavy atom. The van der Waals surface area contributed by atoms with E-state index in [1.54, 1.807) is 0 Å². The molecular formula is C13H21N. The van der Waals surface area contributed by atoms with E-state index in [0.29, 0.717) is 0 Å². The quantitative estimate of drug-likeness (QED) is 0.770. The second-order valence-electron chi connectivity index (χ2n) is 4.20. The van der Waals surface area contributed by atoms with Crippen molar-refractivity contribution in [3.63, 3.8) is 0 Å². The molecule has 0 saturated carbocycles. The van der Waals surface area contributed by atoms with Crippen LogP contribution in [0.25, 0.3) is 0 Å². The van der Waals surface area contributed by atoms with Crippen LogP contribution in [0.5, 0.6) is 0 Å². The molecule has 78 valence electrons. The molecular weight excluding hydrogens is 170 g/mol. The largest absolute Gasteiger partial charge is 0.311 e. The third-order valence-electron chi connectivity index (χ3n) is 2.96. The van der Waals surface area contributed by atoms with E-state index in [-0.39, 0.29) is 5.54 Å². The monoisotopic (exact) mass is 191 g/mol. The van der Waals surface area contributed by atoms with Crippen molar-refractivity contribution in [2.75, 3.05) is 7.05 Å². The topological polar surface area (TPSA) is 12.0 Å². The first kappa shape index (κ1) is 11.3. The van der Waals surface area contributed by atoms with Crippen molar-refractivity contribution in [2.45, 2.75) is 39.2 Å². The maximum atomic E-state index is 3.42. The first-order chi connectivity index (χ1) is 6.62. The minimum absolute atomic E-state index is 0.126. The van der Waals surface area contributed by atoms with Crippen molar-refractivity contribution in [3.05, 3.63) is 35.4 Å². The molecule has 14 heavy (non-hydrogen) atoms. The molecule has 1 atom stereocenters. The number of benzene rings is 1. The lowest BCUT2D eigenvalue weighted by molar-refractivity contribution is 0.365. The van der Waals surface area contributed by atoms with Gasteiger partial charge in [0.05, 0.1) is 0 Å². The molecule has 0 bridgehead atoms. The van der Waals surface area contributed by atoms with Gasteiger partial charge in [0.15, 0.2) is 0 Å². The highest BCUT2D eigenvalue weighted by atomic mass is 14.9. The highest BCUT2D eigenvalue weighted by Gasteiger charge is 2.22. The number of hydrogen-bond acceptors (Lipinski definition) is 1. The Labute approximate surface area is 87.5 Å². The van der Waals surface area contributed by atoms with Gasteiger partial charge in [-0.3, -0.25) is 0 Å². The van der Waals surface area contributed by atoms with Gasteiger partial charge in [0, 0.05) is 5.54 Å². The zero-order chi connectivity index (χ0) is 10.6. The minimum Gasteiger partial charge on any atom is -0.311 e. The Morgan fingerprint density at radius 1 is 1.36 bits per heavy atom. The summed E-state index contributed by atoms with van der Waals surface area (Å²) in [5.41, 5.74) is 2.85. The Hall–Kier alpha value is -0.820. The fourth-order valence-corrected chi connectivity index (χ4v) is 1.90. The zero-order valence-electron chi connectivity index (χ0n) is 9.72. The third-order valence-corrected chi connectivity index (χ3v) is 2.96. The lowest BCUT2D eigenvalue weighted by Gasteiger charge is -2.30.